The zero-order valence-corrected chi connectivity index (χ0v) is 9.60. The van der Waals surface area contributed by atoms with E-state index in [0.29, 0.717) is 0 Å². The van der Waals surface area contributed by atoms with Gasteiger partial charge >= 0.3 is 17.4 Å². The zero-order chi connectivity index (χ0) is 13.0. The number of rotatable bonds is 4. The van der Waals surface area contributed by atoms with Gasteiger partial charge in [0.2, 0.25) is 0 Å². The summed E-state index contributed by atoms with van der Waals surface area (Å²) in [5, 5.41) is 0. The van der Waals surface area contributed by atoms with Crippen LogP contribution in [0.4, 0.5) is 0 Å². The van der Waals surface area contributed by atoms with Gasteiger partial charge in [-0.2, -0.15) is 0 Å². The molecule has 0 spiro atoms. The minimum atomic E-state index is -0.747. The highest BCUT2D eigenvalue weighted by molar-refractivity contribution is 5.26. The summed E-state index contributed by atoms with van der Waals surface area (Å²) in [5.74, 6) is 0.737. The van der Waals surface area contributed by atoms with Crippen molar-refractivity contribution in [2.24, 2.45) is 0 Å². The van der Waals surface area contributed by atoms with E-state index in [-0.39, 0.29) is 12.6 Å². The van der Waals surface area contributed by atoms with Crippen LogP contribution in [-0.2, 0) is 6.61 Å². The van der Waals surface area contributed by atoms with E-state index in [1.54, 1.807) is 19.2 Å². The van der Waals surface area contributed by atoms with Gasteiger partial charge in [0.25, 0.3) is 0 Å². The minimum Gasteiger partial charge on any atom is -0.497 e. The van der Waals surface area contributed by atoms with Gasteiger partial charge in [-0.15, -0.1) is 4.98 Å². The average molecular weight is 249 g/mol. The molecule has 2 rings (SSSR count). The molecule has 1 aromatic heterocycles. The first-order valence-electron chi connectivity index (χ1n) is 5.14. The molecule has 1 heterocycles. The summed E-state index contributed by atoms with van der Waals surface area (Å²) in [5.41, 5.74) is -0.540. The third kappa shape index (κ3) is 2.97. The van der Waals surface area contributed by atoms with Crippen LogP contribution in [0.15, 0.2) is 33.9 Å². The second-order valence-corrected chi connectivity index (χ2v) is 3.44. The van der Waals surface area contributed by atoms with Crippen molar-refractivity contribution in [1.29, 1.82) is 0 Å². The van der Waals surface area contributed by atoms with Crippen LogP contribution >= 0.6 is 0 Å². The number of H-pyrrole nitrogens is 2. The maximum absolute atomic E-state index is 11.0. The van der Waals surface area contributed by atoms with E-state index >= 15 is 0 Å². The minimum absolute atomic E-state index is 0.112. The van der Waals surface area contributed by atoms with Crippen LogP contribution in [0.3, 0.4) is 0 Å². The number of nitrogens with one attached hydrogen (secondary N) is 2. The van der Waals surface area contributed by atoms with Crippen LogP contribution < -0.4 is 20.9 Å². The van der Waals surface area contributed by atoms with E-state index < -0.39 is 11.4 Å². The van der Waals surface area contributed by atoms with Crippen LogP contribution in [0.1, 0.15) is 5.56 Å². The number of ether oxygens (including phenoxy) is 2. The fraction of sp³-hybridized carbons (Fsp3) is 0.182. The number of hydrogen-bond acceptors (Lipinski definition) is 5. The predicted molar refractivity (Wildman–Crippen MR) is 62.8 cm³/mol. The molecule has 0 unspecified atom stereocenters. The molecule has 0 radical (unpaired) electrons. The van der Waals surface area contributed by atoms with Gasteiger partial charge in [-0.3, -0.25) is 9.97 Å². The fourth-order valence-electron chi connectivity index (χ4n) is 1.32. The van der Waals surface area contributed by atoms with Gasteiger partial charge in [0, 0.05) is 0 Å². The lowest BCUT2D eigenvalue weighted by atomic mass is 10.2. The monoisotopic (exact) mass is 249 g/mol. The lowest BCUT2D eigenvalue weighted by molar-refractivity contribution is 0.277. The highest BCUT2D eigenvalue weighted by Crippen LogP contribution is 2.12. The molecule has 0 aliphatic carbocycles. The second-order valence-electron chi connectivity index (χ2n) is 3.44. The van der Waals surface area contributed by atoms with E-state index in [1.807, 2.05) is 17.1 Å². The molecule has 18 heavy (non-hydrogen) atoms. The smallest absolute Gasteiger partial charge is 0.353 e. The Morgan fingerprint density at radius 1 is 1.17 bits per heavy atom. The van der Waals surface area contributed by atoms with Gasteiger partial charge in [0.15, 0.2) is 0 Å². The molecule has 7 nitrogen and oxygen atoms in total. The Balaban J connectivity index is 2.06. The summed E-state index contributed by atoms with van der Waals surface area (Å²) in [6.45, 7) is 0.191. The molecule has 0 aliphatic rings. The molecule has 0 aliphatic heterocycles. The van der Waals surface area contributed by atoms with Crippen LogP contribution in [-0.4, -0.2) is 22.1 Å². The molecule has 0 bridgehead atoms. The van der Waals surface area contributed by atoms with Gasteiger partial charge in [-0.05, 0) is 17.7 Å². The van der Waals surface area contributed by atoms with E-state index in [9.17, 15) is 9.59 Å². The molecular formula is C11H11N3O4. The lowest BCUT2D eigenvalue weighted by Crippen LogP contribution is -2.25. The summed E-state index contributed by atoms with van der Waals surface area (Å²) >= 11 is 0. The molecule has 7 heteroatoms. The molecule has 0 amide bonds. The lowest BCUT2D eigenvalue weighted by Gasteiger charge is -2.05. The van der Waals surface area contributed by atoms with Crippen molar-refractivity contribution < 1.29 is 9.47 Å². The quantitative estimate of drug-likeness (QED) is 0.797. The number of hydrogen-bond donors (Lipinski definition) is 2. The van der Waals surface area contributed by atoms with Crippen LogP contribution in [0.25, 0.3) is 0 Å². The molecule has 1 aromatic carbocycles. The normalized spacial score (nSPS) is 10.1. The Hall–Kier alpha value is -2.57. The van der Waals surface area contributed by atoms with Crippen molar-refractivity contribution >= 4 is 0 Å². The Kier molecular flexibility index (Phi) is 3.42. The number of benzene rings is 1. The second kappa shape index (κ2) is 5.17. The van der Waals surface area contributed by atoms with Crippen molar-refractivity contribution in [3.8, 4) is 11.8 Å². The van der Waals surface area contributed by atoms with E-state index in [1.165, 1.54) is 0 Å². The summed E-state index contributed by atoms with van der Waals surface area (Å²) in [6.07, 6.45) is 0. The molecule has 0 saturated carbocycles. The first kappa shape index (κ1) is 11.9. The zero-order valence-electron chi connectivity index (χ0n) is 9.60. The van der Waals surface area contributed by atoms with E-state index in [4.69, 9.17) is 9.47 Å². The molecule has 94 valence electrons. The highest BCUT2D eigenvalue weighted by Gasteiger charge is 2.00. The summed E-state index contributed by atoms with van der Waals surface area (Å²) in [4.78, 5) is 29.6. The summed E-state index contributed by atoms with van der Waals surface area (Å²) < 4.78 is 10.2. The predicted octanol–water partition coefficient (Wildman–Crippen LogP) is 0.0458. The first-order chi connectivity index (χ1) is 8.67. The van der Waals surface area contributed by atoms with Crippen molar-refractivity contribution in [3.05, 3.63) is 50.8 Å². The van der Waals surface area contributed by atoms with Crippen molar-refractivity contribution in [2.75, 3.05) is 7.11 Å². The third-order valence-electron chi connectivity index (χ3n) is 2.18. The fourth-order valence-corrected chi connectivity index (χ4v) is 1.32. The molecule has 0 atom stereocenters. The largest absolute Gasteiger partial charge is 0.497 e. The maximum atomic E-state index is 11.0. The molecular weight excluding hydrogens is 238 g/mol. The van der Waals surface area contributed by atoms with E-state index in [0.717, 1.165) is 11.3 Å². The molecule has 0 fully saturated rings. The Morgan fingerprint density at radius 2 is 1.89 bits per heavy atom. The van der Waals surface area contributed by atoms with Crippen LogP contribution in [0.2, 0.25) is 0 Å². The Bertz CT molecular complexity index is 601. The number of aromatic nitrogens is 3. The highest BCUT2D eigenvalue weighted by atomic mass is 16.5. The van der Waals surface area contributed by atoms with Crippen molar-refractivity contribution in [3.63, 3.8) is 0 Å². The van der Waals surface area contributed by atoms with Crippen molar-refractivity contribution in [1.82, 2.24) is 15.0 Å². The SMILES string of the molecule is COc1ccc(COc2nc(=O)[nH]c(=O)[nH]2)cc1. The number of aromatic amines is 2. The summed E-state index contributed by atoms with van der Waals surface area (Å²) in [6, 6.07) is 7.08. The number of nitrogens with zero attached hydrogens (tertiary/aromatic N) is 1. The third-order valence-corrected chi connectivity index (χ3v) is 2.18. The number of methoxy groups -OCH3 is 1. The maximum Gasteiger partial charge on any atom is 0.353 e. The van der Waals surface area contributed by atoms with Crippen molar-refractivity contribution in [2.45, 2.75) is 6.61 Å². The van der Waals surface area contributed by atoms with Crippen LogP contribution in [0, 0.1) is 0 Å². The van der Waals surface area contributed by atoms with Gasteiger partial charge < -0.3 is 9.47 Å². The van der Waals surface area contributed by atoms with E-state index in [2.05, 4.69) is 9.97 Å². The van der Waals surface area contributed by atoms with Crippen LogP contribution in [0.5, 0.6) is 11.8 Å². The first-order valence-corrected chi connectivity index (χ1v) is 5.14. The average Bonchev–Trinajstić information content (AvgIpc) is 2.36. The van der Waals surface area contributed by atoms with Gasteiger partial charge in [0.05, 0.1) is 7.11 Å². The molecule has 0 saturated heterocycles. The topological polar surface area (TPSA) is 97.1 Å². The molecule has 2 N–H and O–H groups in total. The standard InChI is InChI=1S/C11H11N3O4/c1-17-8-4-2-7(3-5-8)6-18-11-13-9(15)12-10(16)14-11/h2-5H,6H2,1H3,(H2,12,13,14,15,16). The van der Waals surface area contributed by atoms with Gasteiger partial charge in [-0.1, -0.05) is 12.1 Å². The Morgan fingerprint density at radius 3 is 2.50 bits per heavy atom. The summed E-state index contributed by atoms with van der Waals surface area (Å²) in [7, 11) is 1.58. The molecule has 2 aromatic rings. The Labute approximate surface area is 101 Å². The van der Waals surface area contributed by atoms with Gasteiger partial charge in [0.1, 0.15) is 12.4 Å². The van der Waals surface area contributed by atoms with Gasteiger partial charge in [-0.25, -0.2) is 9.59 Å².